The summed E-state index contributed by atoms with van der Waals surface area (Å²) in [5, 5.41) is 31.5. The first kappa shape index (κ1) is 70.0. The summed E-state index contributed by atoms with van der Waals surface area (Å²) in [7, 11) is 0. The minimum Gasteiger partial charge on any atom is -0.479 e. The maximum Gasteiger partial charge on any atom is 0.335 e. The summed E-state index contributed by atoms with van der Waals surface area (Å²) in [4.78, 5) is 51.1. The quantitative estimate of drug-likeness (QED) is 0.0228. The van der Waals surface area contributed by atoms with Crippen LogP contribution in [0.2, 0.25) is 0 Å². The number of ether oxygens (including phenoxy) is 5. The summed E-state index contributed by atoms with van der Waals surface area (Å²) >= 11 is 0. The van der Waals surface area contributed by atoms with Crippen LogP contribution in [-0.4, -0.2) is 89.2 Å². The molecule has 0 saturated carbocycles. The normalized spacial score (nSPS) is 18.3. The molecule has 0 aromatic heterocycles. The maximum atomic E-state index is 13.1. The molecule has 75 heavy (non-hydrogen) atoms. The van der Waals surface area contributed by atoms with Gasteiger partial charge in [-0.05, 0) is 51.4 Å². The van der Waals surface area contributed by atoms with E-state index in [1.54, 1.807) is 0 Å². The molecule has 0 aromatic carbocycles. The molecular formula is C63H112O12. The summed E-state index contributed by atoms with van der Waals surface area (Å²) < 4.78 is 28.4. The molecule has 0 amide bonds. The third-order valence-corrected chi connectivity index (χ3v) is 14.2. The van der Waals surface area contributed by atoms with Crippen LogP contribution in [-0.2, 0) is 42.9 Å². The van der Waals surface area contributed by atoms with Crippen LogP contribution in [0.4, 0.5) is 0 Å². The summed E-state index contributed by atoms with van der Waals surface area (Å²) in [6, 6.07) is 0. The number of hydrogen-bond acceptors (Lipinski definition) is 11. The van der Waals surface area contributed by atoms with Crippen molar-refractivity contribution in [1.82, 2.24) is 0 Å². The fourth-order valence-corrected chi connectivity index (χ4v) is 9.50. The Balaban J connectivity index is 2.59. The average Bonchev–Trinajstić information content (AvgIpc) is 3.39. The highest BCUT2D eigenvalue weighted by molar-refractivity contribution is 5.74. The molecular weight excluding hydrogens is 949 g/mol. The van der Waals surface area contributed by atoms with E-state index in [0.717, 1.165) is 103 Å². The number of rotatable bonds is 53. The summed E-state index contributed by atoms with van der Waals surface area (Å²) in [6.45, 7) is 5.89. The second-order valence-corrected chi connectivity index (χ2v) is 21.3. The predicted octanol–water partition coefficient (Wildman–Crippen LogP) is 16.0. The van der Waals surface area contributed by atoms with Crippen molar-refractivity contribution in [2.75, 3.05) is 13.2 Å². The summed E-state index contributed by atoms with van der Waals surface area (Å²) in [5.74, 6) is -3.10. The monoisotopic (exact) mass is 1060 g/mol. The number of hydrogen-bond donors (Lipinski definition) is 3. The van der Waals surface area contributed by atoms with Gasteiger partial charge in [0.2, 0.25) is 0 Å². The van der Waals surface area contributed by atoms with E-state index in [9.17, 15) is 34.5 Å². The SMILES string of the molecule is CC/C=C\C/C=C\C/C=C\CCCCCCCCCC(=O)OC1C(OCC(COC(=O)CCCCCCCCCCCCCCCCCCCCC)OC(=O)CCCCCCCCCCC)OC(C(=O)O)C(O)C1O. The molecule has 1 aliphatic rings. The van der Waals surface area contributed by atoms with Gasteiger partial charge in [0.15, 0.2) is 24.6 Å². The fourth-order valence-electron chi connectivity index (χ4n) is 9.50. The molecule has 1 rings (SSSR count). The lowest BCUT2D eigenvalue weighted by Gasteiger charge is -2.40. The van der Waals surface area contributed by atoms with Gasteiger partial charge in [-0.25, -0.2) is 4.79 Å². The van der Waals surface area contributed by atoms with E-state index in [0.29, 0.717) is 19.3 Å². The molecule has 0 aliphatic carbocycles. The summed E-state index contributed by atoms with van der Waals surface area (Å²) in [6.07, 6.45) is 48.4. The molecule has 6 unspecified atom stereocenters. The minimum atomic E-state index is -1.90. The van der Waals surface area contributed by atoms with E-state index in [1.807, 2.05) is 0 Å². The maximum absolute atomic E-state index is 13.1. The van der Waals surface area contributed by atoms with Gasteiger partial charge in [0.25, 0.3) is 0 Å². The highest BCUT2D eigenvalue weighted by atomic mass is 16.7. The molecule has 1 aliphatic heterocycles. The number of aliphatic hydroxyl groups is 2. The van der Waals surface area contributed by atoms with Gasteiger partial charge in [-0.1, -0.05) is 256 Å². The van der Waals surface area contributed by atoms with Crippen molar-refractivity contribution in [3.63, 3.8) is 0 Å². The topological polar surface area (TPSA) is 175 Å². The van der Waals surface area contributed by atoms with Crippen LogP contribution >= 0.6 is 0 Å². The first-order valence-electron chi connectivity index (χ1n) is 31.0. The molecule has 1 fully saturated rings. The Morgan fingerprint density at radius 1 is 0.453 bits per heavy atom. The lowest BCUT2D eigenvalue weighted by Crippen LogP contribution is -2.61. The molecule has 3 N–H and O–H groups in total. The number of allylic oxidation sites excluding steroid dienone is 6. The van der Waals surface area contributed by atoms with Crippen LogP contribution in [0.25, 0.3) is 0 Å². The van der Waals surface area contributed by atoms with E-state index in [-0.39, 0.29) is 25.9 Å². The van der Waals surface area contributed by atoms with Gasteiger partial charge in [0.05, 0.1) is 6.61 Å². The number of esters is 3. The number of carbonyl (C=O) groups is 4. The second-order valence-electron chi connectivity index (χ2n) is 21.3. The predicted molar refractivity (Wildman–Crippen MR) is 303 cm³/mol. The standard InChI is InChI=1S/C63H112O12/c1-4-7-10-13-16-19-21-23-25-27-28-30-31-33-35-38-40-43-46-49-55(64)71-52-54(73-56(65)50-47-44-41-37-18-15-12-9-6-3)53-72-63-61(59(68)58(67)60(75-63)62(69)70)74-57(66)51-48-45-42-39-36-34-32-29-26-24-22-20-17-14-11-8-5-2/h8,11,17,20,24,26,54,58-61,63,67-68H,4-7,9-10,12-16,18-19,21-23,25,27-53H2,1-3H3,(H,69,70)/b11-8-,20-17-,26-24-. The van der Waals surface area contributed by atoms with Gasteiger partial charge in [0, 0.05) is 19.3 Å². The van der Waals surface area contributed by atoms with Crippen molar-refractivity contribution in [3.8, 4) is 0 Å². The minimum absolute atomic E-state index is 0.0527. The van der Waals surface area contributed by atoms with E-state index in [4.69, 9.17) is 23.7 Å². The molecule has 12 heteroatoms. The van der Waals surface area contributed by atoms with Gasteiger partial charge in [-0.2, -0.15) is 0 Å². The average molecular weight is 1060 g/mol. The highest BCUT2D eigenvalue weighted by Crippen LogP contribution is 2.27. The zero-order valence-corrected chi connectivity index (χ0v) is 48.1. The van der Waals surface area contributed by atoms with Crippen LogP contribution < -0.4 is 0 Å². The third kappa shape index (κ3) is 41.7. The second kappa shape index (κ2) is 51.7. The molecule has 0 spiro atoms. The van der Waals surface area contributed by atoms with Gasteiger partial charge < -0.3 is 39.0 Å². The van der Waals surface area contributed by atoms with Gasteiger partial charge in [-0.15, -0.1) is 0 Å². The number of carboxylic acids is 1. The van der Waals surface area contributed by atoms with Gasteiger partial charge in [0.1, 0.15) is 18.8 Å². The van der Waals surface area contributed by atoms with Gasteiger partial charge in [-0.3, -0.25) is 14.4 Å². The summed E-state index contributed by atoms with van der Waals surface area (Å²) in [5.41, 5.74) is 0. The molecule has 436 valence electrons. The van der Waals surface area contributed by atoms with Gasteiger partial charge >= 0.3 is 23.9 Å². The fraction of sp³-hybridized carbons (Fsp3) is 0.841. The van der Waals surface area contributed by atoms with Crippen LogP contribution in [0.15, 0.2) is 36.5 Å². The Bertz CT molecular complexity index is 1450. The van der Waals surface area contributed by atoms with Crippen molar-refractivity contribution in [3.05, 3.63) is 36.5 Å². The highest BCUT2D eigenvalue weighted by Gasteiger charge is 2.50. The molecule has 1 saturated heterocycles. The Hall–Kier alpha value is -3.06. The van der Waals surface area contributed by atoms with Crippen molar-refractivity contribution in [1.29, 1.82) is 0 Å². The number of aliphatic hydroxyl groups excluding tert-OH is 2. The first-order chi connectivity index (χ1) is 36.6. The Morgan fingerprint density at radius 3 is 1.28 bits per heavy atom. The van der Waals surface area contributed by atoms with E-state index < -0.39 is 67.3 Å². The third-order valence-electron chi connectivity index (χ3n) is 14.2. The Morgan fingerprint density at radius 2 is 0.840 bits per heavy atom. The lowest BCUT2D eigenvalue weighted by atomic mass is 9.98. The van der Waals surface area contributed by atoms with Crippen LogP contribution in [0.1, 0.15) is 290 Å². The molecule has 1 heterocycles. The van der Waals surface area contributed by atoms with Crippen LogP contribution in [0.5, 0.6) is 0 Å². The number of carboxylic acid groups (broad SMARTS) is 1. The Labute approximate surface area is 457 Å². The van der Waals surface area contributed by atoms with Crippen molar-refractivity contribution in [2.24, 2.45) is 0 Å². The number of aliphatic carboxylic acids is 1. The smallest absolute Gasteiger partial charge is 0.335 e. The number of carbonyl (C=O) groups excluding carboxylic acids is 3. The zero-order valence-electron chi connectivity index (χ0n) is 48.1. The number of unbranched alkanes of at least 4 members (excludes halogenated alkanes) is 33. The zero-order chi connectivity index (χ0) is 54.7. The molecule has 0 aromatic rings. The van der Waals surface area contributed by atoms with Crippen molar-refractivity contribution in [2.45, 2.75) is 327 Å². The lowest BCUT2D eigenvalue weighted by molar-refractivity contribution is -0.301. The molecule has 12 nitrogen and oxygen atoms in total. The van der Waals surface area contributed by atoms with Crippen LogP contribution in [0.3, 0.4) is 0 Å². The largest absolute Gasteiger partial charge is 0.479 e. The molecule has 0 bridgehead atoms. The Kier molecular flexibility index (Phi) is 48.2. The van der Waals surface area contributed by atoms with Crippen molar-refractivity contribution < 1.29 is 58.2 Å². The first-order valence-corrected chi connectivity index (χ1v) is 31.0. The van der Waals surface area contributed by atoms with E-state index in [1.165, 1.54) is 128 Å². The molecule has 6 atom stereocenters. The van der Waals surface area contributed by atoms with Crippen molar-refractivity contribution >= 4 is 23.9 Å². The van der Waals surface area contributed by atoms with E-state index in [2.05, 4.69) is 57.2 Å². The molecule has 0 radical (unpaired) electrons. The van der Waals surface area contributed by atoms with Crippen LogP contribution in [0, 0.1) is 0 Å². The van der Waals surface area contributed by atoms with E-state index >= 15 is 0 Å².